The second-order valence-electron chi connectivity index (χ2n) is 6.39. The van der Waals surface area contributed by atoms with Gasteiger partial charge in [-0.05, 0) is 12.1 Å². The van der Waals surface area contributed by atoms with Gasteiger partial charge in [0.2, 0.25) is 0 Å². The molecule has 2 aromatic rings. The van der Waals surface area contributed by atoms with Crippen LogP contribution < -0.4 is 11.5 Å². The van der Waals surface area contributed by atoms with Gasteiger partial charge >= 0.3 is 0 Å². The minimum atomic E-state index is 0.308. The van der Waals surface area contributed by atoms with E-state index in [1.165, 1.54) is 0 Å². The number of hydrogen-bond acceptors (Lipinski definition) is 6. The van der Waals surface area contributed by atoms with E-state index in [-0.39, 0.29) is 0 Å². The van der Waals surface area contributed by atoms with Crippen LogP contribution in [0, 0.1) is 0 Å². The third-order valence-electron chi connectivity index (χ3n) is 4.39. The molecule has 0 aliphatic rings. The van der Waals surface area contributed by atoms with E-state index in [9.17, 15) is 10.2 Å². The highest BCUT2D eigenvalue weighted by Crippen LogP contribution is 2.19. The van der Waals surface area contributed by atoms with Crippen molar-refractivity contribution in [2.75, 3.05) is 39.3 Å². The van der Waals surface area contributed by atoms with Crippen LogP contribution in [0.1, 0.15) is 11.1 Å². The van der Waals surface area contributed by atoms with Crippen LogP contribution in [0.3, 0.4) is 0 Å². The molecule has 0 bridgehead atoms. The van der Waals surface area contributed by atoms with Crippen molar-refractivity contribution in [3.63, 3.8) is 0 Å². The van der Waals surface area contributed by atoms with Crippen LogP contribution in [0.2, 0.25) is 0 Å². The van der Waals surface area contributed by atoms with Crippen LogP contribution in [0.25, 0.3) is 0 Å². The van der Waals surface area contributed by atoms with E-state index < -0.39 is 0 Å². The summed E-state index contributed by atoms with van der Waals surface area (Å²) >= 11 is 0. The van der Waals surface area contributed by atoms with Gasteiger partial charge in [-0.25, -0.2) is 0 Å². The summed E-state index contributed by atoms with van der Waals surface area (Å²) in [4.78, 5) is 4.45. The Morgan fingerprint density at radius 2 is 1.00 bits per heavy atom. The van der Waals surface area contributed by atoms with Crippen molar-refractivity contribution in [1.82, 2.24) is 9.80 Å². The van der Waals surface area contributed by atoms with Gasteiger partial charge in [0.05, 0.1) is 0 Å². The van der Waals surface area contributed by atoms with E-state index >= 15 is 0 Å². The van der Waals surface area contributed by atoms with Crippen LogP contribution in [-0.4, -0.2) is 59.3 Å². The maximum absolute atomic E-state index is 10.0. The Hall–Kier alpha value is -2.12. The average molecular weight is 358 g/mol. The molecule has 2 rings (SSSR count). The SMILES string of the molecule is NCCN(CCN(CCN)Cc1ccccc1O)Cc1ccccc1O. The topological polar surface area (TPSA) is 99.0 Å². The minimum Gasteiger partial charge on any atom is -0.508 e. The number of nitrogens with two attached hydrogens (primary N) is 2. The zero-order chi connectivity index (χ0) is 18.8. The lowest BCUT2D eigenvalue weighted by Gasteiger charge is -2.27. The first-order chi connectivity index (χ1) is 12.6. The quantitative estimate of drug-likeness (QED) is 0.484. The summed E-state index contributed by atoms with van der Waals surface area (Å²) in [6.07, 6.45) is 0. The van der Waals surface area contributed by atoms with Gasteiger partial charge < -0.3 is 21.7 Å². The summed E-state index contributed by atoms with van der Waals surface area (Å²) in [5, 5.41) is 20.0. The second kappa shape index (κ2) is 10.8. The molecule has 2 aromatic carbocycles. The van der Waals surface area contributed by atoms with Crippen LogP contribution in [-0.2, 0) is 13.1 Å². The van der Waals surface area contributed by atoms with Gasteiger partial charge in [-0.3, -0.25) is 9.80 Å². The van der Waals surface area contributed by atoms with Crippen molar-refractivity contribution in [1.29, 1.82) is 0 Å². The van der Waals surface area contributed by atoms with Gasteiger partial charge in [0, 0.05) is 63.5 Å². The van der Waals surface area contributed by atoms with E-state index in [1.807, 2.05) is 36.4 Å². The van der Waals surface area contributed by atoms with Crippen LogP contribution in [0.4, 0.5) is 0 Å². The Labute approximate surface area is 155 Å². The molecule has 0 radical (unpaired) electrons. The zero-order valence-corrected chi connectivity index (χ0v) is 15.2. The molecule has 6 heteroatoms. The first-order valence-corrected chi connectivity index (χ1v) is 9.02. The molecule has 0 heterocycles. The minimum absolute atomic E-state index is 0.308. The number of nitrogens with zero attached hydrogens (tertiary/aromatic N) is 2. The monoisotopic (exact) mass is 358 g/mol. The van der Waals surface area contributed by atoms with Gasteiger partial charge in [-0.1, -0.05) is 36.4 Å². The Bertz CT molecular complexity index is 608. The maximum atomic E-state index is 10.0. The average Bonchev–Trinajstić information content (AvgIpc) is 2.63. The fourth-order valence-electron chi connectivity index (χ4n) is 2.96. The number of rotatable bonds is 11. The summed E-state index contributed by atoms with van der Waals surface area (Å²) in [6, 6.07) is 14.8. The standard InChI is InChI=1S/C20H30N4O2/c21-9-11-23(15-17-5-1-3-7-19(17)25)13-14-24(12-10-22)16-18-6-2-4-8-20(18)26/h1-8,25-26H,9-16,21-22H2. The predicted molar refractivity (Wildman–Crippen MR) is 105 cm³/mol. The summed E-state index contributed by atoms with van der Waals surface area (Å²) in [5.74, 6) is 0.616. The summed E-state index contributed by atoms with van der Waals surface area (Å²) in [5.41, 5.74) is 13.3. The summed E-state index contributed by atoms with van der Waals surface area (Å²) < 4.78 is 0. The van der Waals surface area contributed by atoms with Gasteiger partial charge in [-0.15, -0.1) is 0 Å². The van der Waals surface area contributed by atoms with Gasteiger partial charge in [-0.2, -0.15) is 0 Å². The van der Waals surface area contributed by atoms with Crippen LogP contribution in [0.5, 0.6) is 11.5 Å². The van der Waals surface area contributed by atoms with E-state index in [1.54, 1.807) is 12.1 Å². The lowest BCUT2D eigenvalue weighted by Crippen LogP contribution is -2.39. The highest BCUT2D eigenvalue weighted by Gasteiger charge is 2.12. The largest absolute Gasteiger partial charge is 0.508 e. The first kappa shape index (κ1) is 20.2. The Morgan fingerprint density at radius 3 is 1.35 bits per heavy atom. The first-order valence-electron chi connectivity index (χ1n) is 9.02. The molecule has 0 saturated carbocycles. The molecule has 0 spiro atoms. The van der Waals surface area contributed by atoms with E-state index in [2.05, 4.69) is 9.80 Å². The number of phenolic OH excluding ortho intramolecular Hbond substituents is 2. The molecule has 0 unspecified atom stereocenters. The number of phenols is 2. The molecular weight excluding hydrogens is 328 g/mol. The van der Waals surface area contributed by atoms with E-state index in [0.717, 1.165) is 37.3 Å². The Morgan fingerprint density at radius 1 is 0.615 bits per heavy atom. The highest BCUT2D eigenvalue weighted by atomic mass is 16.3. The fraction of sp³-hybridized carbons (Fsp3) is 0.400. The van der Waals surface area contributed by atoms with Crippen molar-refractivity contribution in [2.24, 2.45) is 11.5 Å². The number of hydrogen-bond donors (Lipinski definition) is 4. The molecule has 0 aliphatic carbocycles. The molecule has 0 atom stereocenters. The third kappa shape index (κ3) is 6.31. The number of benzene rings is 2. The zero-order valence-electron chi connectivity index (χ0n) is 15.2. The van der Waals surface area contributed by atoms with Crippen molar-refractivity contribution in [3.8, 4) is 11.5 Å². The lowest BCUT2D eigenvalue weighted by atomic mass is 10.1. The molecule has 0 fully saturated rings. The number of aromatic hydroxyl groups is 2. The van der Waals surface area contributed by atoms with Crippen molar-refractivity contribution in [2.45, 2.75) is 13.1 Å². The van der Waals surface area contributed by atoms with Crippen molar-refractivity contribution in [3.05, 3.63) is 59.7 Å². The predicted octanol–water partition coefficient (Wildman–Crippen LogP) is 1.32. The summed E-state index contributed by atoms with van der Waals surface area (Å²) in [7, 11) is 0. The lowest BCUT2D eigenvalue weighted by molar-refractivity contribution is 0.197. The Balaban J connectivity index is 1.97. The van der Waals surface area contributed by atoms with Gasteiger partial charge in [0.15, 0.2) is 0 Å². The van der Waals surface area contributed by atoms with Gasteiger partial charge in [0.25, 0.3) is 0 Å². The van der Waals surface area contributed by atoms with E-state index in [4.69, 9.17) is 11.5 Å². The van der Waals surface area contributed by atoms with Crippen molar-refractivity contribution >= 4 is 0 Å². The van der Waals surface area contributed by atoms with Crippen LogP contribution >= 0.6 is 0 Å². The highest BCUT2D eigenvalue weighted by molar-refractivity contribution is 5.32. The van der Waals surface area contributed by atoms with Gasteiger partial charge in [0.1, 0.15) is 11.5 Å². The number of para-hydroxylation sites is 2. The van der Waals surface area contributed by atoms with Crippen molar-refractivity contribution < 1.29 is 10.2 Å². The second-order valence-corrected chi connectivity index (χ2v) is 6.39. The molecule has 26 heavy (non-hydrogen) atoms. The molecule has 6 nitrogen and oxygen atoms in total. The van der Waals surface area contributed by atoms with E-state index in [0.29, 0.717) is 37.7 Å². The molecule has 0 aliphatic heterocycles. The molecule has 6 N–H and O–H groups in total. The third-order valence-corrected chi connectivity index (χ3v) is 4.39. The molecular formula is C20H30N4O2. The molecule has 0 aromatic heterocycles. The summed E-state index contributed by atoms with van der Waals surface area (Å²) in [6.45, 7) is 5.53. The molecule has 0 amide bonds. The smallest absolute Gasteiger partial charge is 0.120 e. The normalized spacial score (nSPS) is 11.4. The molecule has 142 valence electrons. The maximum Gasteiger partial charge on any atom is 0.120 e. The Kier molecular flexibility index (Phi) is 8.37. The van der Waals surface area contributed by atoms with Crippen LogP contribution in [0.15, 0.2) is 48.5 Å². The fourth-order valence-corrected chi connectivity index (χ4v) is 2.96. The molecule has 0 saturated heterocycles.